The minimum absolute atomic E-state index is 0.243. The highest BCUT2D eigenvalue weighted by Gasteiger charge is 2.15. The van der Waals surface area contributed by atoms with Gasteiger partial charge in [-0.2, -0.15) is 0 Å². The van der Waals surface area contributed by atoms with Gasteiger partial charge < -0.3 is 15.4 Å². The van der Waals surface area contributed by atoms with Crippen LogP contribution in [0.5, 0.6) is 0 Å². The first-order chi connectivity index (χ1) is 9.58. The Kier molecular flexibility index (Phi) is 7.04. The molecule has 0 spiro atoms. The van der Waals surface area contributed by atoms with E-state index in [1.807, 2.05) is 0 Å². The summed E-state index contributed by atoms with van der Waals surface area (Å²) in [5, 5.41) is 5.30. The quantitative estimate of drug-likeness (QED) is 0.589. The van der Waals surface area contributed by atoms with Crippen molar-refractivity contribution in [1.82, 2.24) is 10.6 Å². The topological polar surface area (TPSA) is 67.4 Å². The van der Waals surface area contributed by atoms with Gasteiger partial charge in [0.1, 0.15) is 6.04 Å². The van der Waals surface area contributed by atoms with Crippen LogP contribution in [0.2, 0.25) is 0 Å². The number of benzene rings is 1. The van der Waals surface area contributed by atoms with Crippen molar-refractivity contribution in [2.24, 2.45) is 0 Å². The van der Waals surface area contributed by atoms with E-state index in [1.165, 1.54) is 0 Å². The van der Waals surface area contributed by atoms with Gasteiger partial charge in [-0.25, -0.2) is 0 Å². The first-order valence-electron chi connectivity index (χ1n) is 6.31. The average Bonchev–Trinajstić information content (AvgIpc) is 2.47. The van der Waals surface area contributed by atoms with Gasteiger partial charge in [0, 0.05) is 25.1 Å². The maximum Gasteiger partial charge on any atom is 0.251 e. The fourth-order valence-corrected chi connectivity index (χ4v) is 1.70. The van der Waals surface area contributed by atoms with E-state index in [0.29, 0.717) is 24.6 Å². The zero-order chi connectivity index (χ0) is 15.0. The van der Waals surface area contributed by atoms with Gasteiger partial charge in [0.25, 0.3) is 5.91 Å². The summed E-state index contributed by atoms with van der Waals surface area (Å²) in [6, 6.07) is 6.33. The molecule has 1 unspecified atom stereocenters. The number of rotatable bonds is 7. The molecule has 0 saturated carbocycles. The van der Waals surface area contributed by atoms with Crippen LogP contribution >= 0.6 is 11.6 Å². The Morgan fingerprint density at radius 3 is 2.50 bits per heavy atom. The van der Waals surface area contributed by atoms with Crippen LogP contribution in [0.15, 0.2) is 24.3 Å². The van der Waals surface area contributed by atoms with Crippen molar-refractivity contribution in [1.29, 1.82) is 0 Å². The molecule has 0 aromatic heterocycles. The molecule has 0 bridgehead atoms. The monoisotopic (exact) mass is 298 g/mol. The van der Waals surface area contributed by atoms with Crippen LogP contribution in [0.4, 0.5) is 0 Å². The second kappa shape index (κ2) is 8.55. The SMILES string of the molecule is COCCNC(=O)C(C)NC(=O)c1ccc(CCl)cc1. The first kappa shape index (κ1) is 16.5. The number of hydrogen-bond donors (Lipinski definition) is 2. The van der Waals surface area contributed by atoms with Crippen molar-refractivity contribution in [3.63, 3.8) is 0 Å². The second-order valence-electron chi connectivity index (χ2n) is 4.31. The van der Waals surface area contributed by atoms with Gasteiger partial charge in [0.15, 0.2) is 0 Å². The van der Waals surface area contributed by atoms with Gasteiger partial charge in [-0.15, -0.1) is 11.6 Å². The molecule has 110 valence electrons. The number of alkyl halides is 1. The van der Waals surface area contributed by atoms with Gasteiger partial charge in [0.2, 0.25) is 5.91 Å². The van der Waals surface area contributed by atoms with Gasteiger partial charge in [-0.3, -0.25) is 9.59 Å². The molecule has 0 heterocycles. The summed E-state index contributed by atoms with van der Waals surface area (Å²) in [6.45, 7) is 2.49. The molecule has 20 heavy (non-hydrogen) atoms. The van der Waals surface area contributed by atoms with Crippen molar-refractivity contribution >= 4 is 23.4 Å². The summed E-state index contributed by atoms with van der Waals surface area (Å²) < 4.78 is 4.83. The molecule has 0 aliphatic carbocycles. The maximum absolute atomic E-state index is 11.9. The molecule has 0 radical (unpaired) electrons. The molecule has 1 atom stereocenters. The highest BCUT2D eigenvalue weighted by Crippen LogP contribution is 2.07. The number of nitrogens with one attached hydrogen (secondary N) is 2. The third kappa shape index (κ3) is 5.19. The van der Waals surface area contributed by atoms with Crippen molar-refractivity contribution in [2.45, 2.75) is 18.8 Å². The number of ether oxygens (including phenoxy) is 1. The number of carbonyl (C=O) groups excluding carboxylic acids is 2. The normalized spacial score (nSPS) is 11.8. The Hall–Kier alpha value is -1.59. The second-order valence-corrected chi connectivity index (χ2v) is 4.58. The highest BCUT2D eigenvalue weighted by atomic mass is 35.5. The van der Waals surface area contributed by atoms with Crippen LogP contribution in [0, 0.1) is 0 Å². The fraction of sp³-hybridized carbons (Fsp3) is 0.429. The van der Waals surface area contributed by atoms with E-state index in [1.54, 1.807) is 38.3 Å². The Morgan fingerprint density at radius 1 is 1.30 bits per heavy atom. The van der Waals surface area contributed by atoms with Crippen LogP contribution in [-0.4, -0.2) is 38.1 Å². The lowest BCUT2D eigenvalue weighted by Gasteiger charge is -2.14. The lowest BCUT2D eigenvalue weighted by Crippen LogP contribution is -2.45. The Labute approximate surface area is 123 Å². The molecule has 0 aliphatic rings. The largest absolute Gasteiger partial charge is 0.383 e. The standard InChI is InChI=1S/C14H19ClN2O3/c1-10(13(18)16-7-8-20-2)17-14(19)12-5-3-11(9-15)4-6-12/h3-6,10H,7-9H2,1-2H3,(H,16,18)(H,17,19). The van der Waals surface area contributed by atoms with Crippen LogP contribution in [-0.2, 0) is 15.4 Å². The first-order valence-corrected chi connectivity index (χ1v) is 6.84. The summed E-state index contributed by atoms with van der Waals surface area (Å²) in [7, 11) is 1.56. The molecule has 1 rings (SSSR count). The van der Waals surface area contributed by atoms with Crippen LogP contribution in [0.25, 0.3) is 0 Å². The summed E-state index contributed by atoms with van der Waals surface area (Å²) in [4.78, 5) is 23.6. The van der Waals surface area contributed by atoms with Gasteiger partial charge in [-0.1, -0.05) is 12.1 Å². The smallest absolute Gasteiger partial charge is 0.251 e. The molecule has 0 aliphatic heterocycles. The molecular weight excluding hydrogens is 280 g/mol. The molecule has 2 amide bonds. The van der Waals surface area contributed by atoms with Crippen molar-refractivity contribution in [3.05, 3.63) is 35.4 Å². The van der Waals surface area contributed by atoms with Gasteiger partial charge >= 0.3 is 0 Å². The van der Waals surface area contributed by atoms with Crippen LogP contribution in [0.3, 0.4) is 0 Å². The van der Waals surface area contributed by atoms with Crippen LogP contribution < -0.4 is 10.6 Å². The van der Waals surface area contributed by atoms with E-state index in [2.05, 4.69) is 10.6 Å². The zero-order valence-corrected chi connectivity index (χ0v) is 12.4. The van der Waals surface area contributed by atoms with Crippen molar-refractivity contribution in [2.75, 3.05) is 20.3 Å². The number of halogens is 1. The van der Waals surface area contributed by atoms with E-state index in [-0.39, 0.29) is 11.8 Å². The van der Waals surface area contributed by atoms with E-state index >= 15 is 0 Å². The average molecular weight is 299 g/mol. The Morgan fingerprint density at radius 2 is 1.95 bits per heavy atom. The Balaban J connectivity index is 2.49. The molecule has 2 N–H and O–H groups in total. The molecule has 5 nitrogen and oxygen atoms in total. The predicted octanol–water partition coefficient (Wildman–Crippen LogP) is 1.31. The maximum atomic E-state index is 11.9. The highest BCUT2D eigenvalue weighted by molar-refractivity contribution is 6.17. The number of methoxy groups -OCH3 is 1. The number of hydrogen-bond acceptors (Lipinski definition) is 3. The lowest BCUT2D eigenvalue weighted by molar-refractivity contribution is -0.122. The van der Waals surface area contributed by atoms with Gasteiger partial charge in [-0.05, 0) is 24.6 Å². The molecule has 0 fully saturated rings. The number of carbonyl (C=O) groups is 2. The molecular formula is C14H19ClN2O3. The molecule has 0 saturated heterocycles. The predicted molar refractivity (Wildman–Crippen MR) is 77.8 cm³/mol. The van der Waals surface area contributed by atoms with Gasteiger partial charge in [0.05, 0.1) is 6.61 Å². The van der Waals surface area contributed by atoms with Crippen molar-refractivity contribution in [3.8, 4) is 0 Å². The summed E-state index contributed by atoms with van der Waals surface area (Å²) in [5.41, 5.74) is 1.43. The number of amides is 2. The summed E-state index contributed by atoms with van der Waals surface area (Å²) >= 11 is 5.68. The third-order valence-corrected chi connectivity index (χ3v) is 3.03. The Bertz CT molecular complexity index is 448. The van der Waals surface area contributed by atoms with E-state index < -0.39 is 6.04 Å². The molecule has 1 aromatic carbocycles. The van der Waals surface area contributed by atoms with E-state index in [4.69, 9.17) is 16.3 Å². The van der Waals surface area contributed by atoms with Crippen LogP contribution in [0.1, 0.15) is 22.8 Å². The minimum atomic E-state index is -0.605. The molecule has 6 heteroatoms. The molecule has 1 aromatic rings. The van der Waals surface area contributed by atoms with E-state index in [9.17, 15) is 9.59 Å². The lowest BCUT2D eigenvalue weighted by atomic mass is 10.1. The van der Waals surface area contributed by atoms with E-state index in [0.717, 1.165) is 5.56 Å². The van der Waals surface area contributed by atoms with Crippen molar-refractivity contribution < 1.29 is 14.3 Å². The third-order valence-electron chi connectivity index (χ3n) is 2.72. The fourth-order valence-electron chi connectivity index (χ4n) is 1.52. The summed E-state index contributed by atoms with van der Waals surface area (Å²) in [6.07, 6.45) is 0. The zero-order valence-electron chi connectivity index (χ0n) is 11.6. The minimum Gasteiger partial charge on any atom is -0.383 e. The summed E-state index contributed by atoms with van der Waals surface area (Å²) in [5.74, 6) is -0.131.